The maximum atomic E-state index is 6.08. The highest BCUT2D eigenvalue weighted by Crippen LogP contribution is 2.43. The summed E-state index contributed by atoms with van der Waals surface area (Å²) in [6.07, 6.45) is 6.93. The minimum absolute atomic E-state index is 0. The highest BCUT2D eigenvalue weighted by Gasteiger charge is 2.32. The van der Waals surface area contributed by atoms with Crippen molar-refractivity contribution in [2.24, 2.45) is 5.92 Å². The first-order valence-corrected chi connectivity index (χ1v) is 11.5. The third-order valence-electron chi connectivity index (χ3n) is 5.92. The number of benzene rings is 2. The molecular weight excluding hydrogens is 443 g/mol. The highest BCUT2D eigenvalue weighted by molar-refractivity contribution is 7.99. The van der Waals surface area contributed by atoms with Crippen molar-refractivity contribution < 1.29 is 0 Å². The summed E-state index contributed by atoms with van der Waals surface area (Å²) in [5, 5.41) is 4.32. The standard InChI is InChI=1S/C23H29ClN2S.2ClH/c24-19-10-12-20(13-11-19)27-22-9-5-4-8-21(22)23(18-6-2-1-3-7-18)26-16-14-25-15-17-26;;/h4-5,8-13,18,23,25H,1-3,6-7,14-17H2;2*1H/t23-;;/m0../s1. The van der Waals surface area contributed by atoms with Gasteiger partial charge in [-0.25, -0.2) is 0 Å². The molecule has 1 N–H and O–H groups in total. The summed E-state index contributed by atoms with van der Waals surface area (Å²) in [4.78, 5) is 5.40. The van der Waals surface area contributed by atoms with Gasteiger partial charge in [-0.3, -0.25) is 4.90 Å². The molecule has 1 saturated heterocycles. The van der Waals surface area contributed by atoms with Crippen LogP contribution < -0.4 is 5.32 Å². The molecule has 0 radical (unpaired) electrons. The van der Waals surface area contributed by atoms with Crippen molar-refractivity contribution >= 4 is 48.2 Å². The van der Waals surface area contributed by atoms with Crippen LogP contribution in [0.25, 0.3) is 0 Å². The predicted molar refractivity (Wildman–Crippen MR) is 130 cm³/mol. The maximum absolute atomic E-state index is 6.08. The molecule has 29 heavy (non-hydrogen) atoms. The van der Waals surface area contributed by atoms with Crippen molar-refractivity contribution in [2.45, 2.75) is 47.9 Å². The molecule has 1 atom stereocenters. The topological polar surface area (TPSA) is 15.3 Å². The Morgan fingerprint density at radius 1 is 0.897 bits per heavy atom. The quantitative estimate of drug-likeness (QED) is 0.510. The number of nitrogens with one attached hydrogen (secondary N) is 1. The first-order valence-electron chi connectivity index (χ1n) is 10.3. The molecule has 6 heteroatoms. The first kappa shape index (κ1) is 24.8. The van der Waals surface area contributed by atoms with Crippen LogP contribution in [-0.4, -0.2) is 31.1 Å². The first-order chi connectivity index (χ1) is 13.3. The second-order valence-corrected chi connectivity index (χ2v) is 9.27. The van der Waals surface area contributed by atoms with E-state index in [1.165, 1.54) is 47.5 Å². The molecule has 0 unspecified atom stereocenters. The van der Waals surface area contributed by atoms with Crippen LogP contribution >= 0.6 is 48.2 Å². The molecule has 2 fully saturated rings. The van der Waals surface area contributed by atoms with Gasteiger partial charge in [-0.2, -0.15) is 0 Å². The van der Waals surface area contributed by atoms with Gasteiger partial charge in [0, 0.05) is 47.0 Å². The van der Waals surface area contributed by atoms with Crippen LogP contribution in [0.3, 0.4) is 0 Å². The largest absolute Gasteiger partial charge is 0.314 e. The van der Waals surface area contributed by atoms with E-state index in [-0.39, 0.29) is 24.8 Å². The van der Waals surface area contributed by atoms with Gasteiger partial charge in [0.05, 0.1) is 0 Å². The molecule has 1 aliphatic heterocycles. The van der Waals surface area contributed by atoms with Gasteiger partial charge in [0.15, 0.2) is 0 Å². The Morgan fingerprint density at radius 2 is 1.55 bits per heavy atom. The average Bonchev–Trinajstić information content (AvgIpc) is 2.73. The molecule has 4 rings (SSSR count). The van der Waals surface area contributed by atoms with Gasteiger partial charge in [-0.05, 0) is 54.7 Å². The smallest absolute Gasteiger partial charge is 0.0406 e. The lowest BCUT2D eigenvalue weighted by molar-refractivity contribution is 0.101. The SMILES string of the molecule is Cl.Cl.Clc1ccc(Sc2ccccc2[C@H](C2CCCCC2)N2CCNCC2)cc1. The van der Waals surface area contributed by atoms with Crippen molar-refractivity contribution in [1.29, 1.82) is 0 Å². The lowest BCUT2D eigenvalue weighted by Crippen LogP contribution is -2.47. The monoisotopic (exact) mass is 472 g/mol. The van der Waals surface area contributed by atoms with Gasteiger partial charge < -0.3 is 5.32 Å². The number of hydrogen-bond donors (Lipinski definition) is 1. The Labute approximate surface area is 197 Å². The van der Waals surface area contributed by atoms with Gasteiger partial charge in [0.25, 0.3) is 0 Å². The van der Waals surface area contributed by atoms with Gasteiger partial charge in [0.2, 0.25) is 0 Å². The van der Waals surface area contributed by atoms with E-state index in [0.29, 0.717) is 6.04 Å². The minimum Gasteiger partial charge on any atom is -0.314 e. The fourth-order valence-corrected chi connectivity index (χ4v) is 5.71. The summed E-state index contributed by atoms with van der Waals surface area (Å²) in [5.41, 5.74) is 1.52. The molecular formula is C23H31Cl3N2S. The van der Waals surface area contributed by atoms with Crippen molar-refractivity contribution in [3.8, 4) is 0 Å². The molecule has 2 aromatic carbocycles. The van der Waals surface area contributed by atoms with Crippen LogP contribution in [0.2, 0.25) is 5.02 Å². The fourth-order valence-electron chi connectivity index (χ4n) is 4.61. The van der Waals surface area contributed by atoms with E-state index in [0.717, 1.165) is 37.1 Å². The van der Waals surface area contributed by atoms with E-state index in [9.17, 15) is 0 Å². The number of piperazine rings is 1. The van der Waals surface area contributed by atoms with Crippen LogP contribution in [-0.2, 0) is 0 Å². The minimum atomic E-state index is 0. The fraction of sp³-hybridized carbons (Fsp3) is 0.478. The Morgan fingerprint density at radius 3 is 2.24 bits per heavy atom. The van der Waals surface area contributed by atoms with Crippen LogP contribution in [0.5, 0.6) is 0 Å². The van der Waals surface area contributed by atoms with E-state index in [1.807, 2.05) is 23.9 Å². The zero-order chi connectivity index (χ0) is 18.5. The van der Waals surface area contributed by atoms with Gasteiger partial charge in [-0.1, -0.05) is 60.8 Å². The van der Waals surface area contributed by atoms with E-state index in [2.05, 4.69) is 46.6 Å². The molecule has 1 heterocycles. The summed E-state index contributed by atoms with van der Waals surface area (Å²) in [6.45, 7) is 4.52. The summed E-state index contributed by atoms with van der Waals surface area (Å²) < 4.78 is 0. The highest BCUT2D eigenvalue weighted by atomic mass is 35.5. The average molecular weight is 474 g/mol. The molecule has 0 aromatic heterocycles. The molecule has 0 spiro atoms. The zero-order valence-electron chi connectivity index (χ0n) is 16.7. The van der Waals surface area contributed by atoms with Gasteiger partial charge in [-0.15, -0.1) is 24.8 Å². The second-order valence-electron chi connectivity index (χ2n) is 7.72. The van der Waals surface area contributed by atoms with E-state index in [4.69, 9.17) is 11.6 Å². The lowest BCUT2D eigenvalue weighted by Gasteiger charge is -2.42. The van der Waals surface area contributed by atoms with Crippen LogP contribution in [0.15, 0.2) is 58.3 Å². The van der Waals surface area contributed by atoms with Crippen LogP contribution in [0.4, 0.5) is 0 Å². The number of halogens is 3. The zero-order valence-corrected chi connectivity index (χ0v) is 19.9. The van der Waals surface area contributed by atoms with E-state index >= 15 is 0 Å². The van der Waals surface area contributed by atoms with Gasteiger partial charge in [0.1, 0.15) is 0 Å². The summed E-state index contributed by atoms with van der Waals surface area (Å²) >= 11 is 7.96. The van der Waals surface area contributed by atoms with Crippen molar-refractivity contribution in [2.75, 3.05) is 26.2 Å². The molecule has 1 aliphatic carbocycles. The molecule has 1 saturated carbocycles. The summed E-state index contributed by atoms with van der Waals surface area (Å²) in [6, 6.07) is 17.9. The second kappa shape index (κ2) is 12.4. The number of rotatable bonds is 5. The van der Waals surface area contributed by atoms with E-state index < -0.39 is 0 Å². The molecule has 160 valence electrons. The Hall–Kier alpha value is -0.420. The predicted octanol–water partition coefficient (Wildman–Crippen LogP) is 6.86. The van der Waals surface area contributed by atoms with E-state index in [1.54, 1.807) is 0 Å². The van der Waals surface area contributed by atoms with Gasteiger partial charge >= 0.3 is 0 Å². The Bertz CT molecular complexity index is 711. The molecule has 0 bridgehead atoms. The molecule has 2 nitrogen and oxygen atoms in total. The van der Waals surface area contributed by atoms with Crippen LogP contribution in [0.1, 0.15) is 43.7 Å². The molecule has 0 amide bonds. The Balaban J connectivity index is 0.00000150. The molecule has 2 aliphatic rings. The van der Waals surface area contributed by atoms with Crippen molar-refractivity contribution in [1.82, 2.24) is 10.2 Å². The summed E-state index contributed by atoms with van der Waals surface area (Å²) in [5.74, 6) is 0.781. The molecule has 2 aromatic rings. The van der Waals surface area contributed by atoms with Crippen LogP contribution in [0, 0.1) is 5.92 Å². The van der Waals surface area contributed by atoms with Crippen molar-refractivity contribution in [3.63, 3.8) is 0 Å². The third kappa shape index (κ3) is 6.53. The third-order valence-corrected chi connectivity index (χ3v) is 7.27. The van der Waals surface area contributed by atoms with Crippen molar-refractivity contribution in [3.05, 3.63) is 59.1 Å². The lowest BCUT2D eigenvalue weighted by atomic mass is 9.80. The normalized spacial score (nSPS) is 19.1. The maximum Gasteiger partial charge on any atom is 0.0406 e. The number of nitrogens with zero attached hydrogens (tertiary/aromatic N) is 1. The Kier molecular flexibility index (Phi) is 10.7. The summed E-state index contributed by atoms with van der Waals surface area (Å²) in [7, 11) is 0. The number of hydrogen-bond acceptors (Lipinski definition) is 3.